The molecule has 0 radical (unpaired) electrons. The van der Waals surface area contributed by atoms with Gasteiger partial charge < -0.3 is 5.11 Å². The first-order valence-electron chi connectivity index (χ1n) is 5.44. The highest BCUT2D eigenvalue weighted by atomic mass is 35.5. The van der Waals surface area contributed by atoms with Gasteiger partial charge in [-0.1, -0.05) is 11.6 Å². The van der Waals surface area contributed by atoms with Gasteiger partial charge in [-0.3, -0.25) is 10.1 Å². The van der Waals surface area contributed by atoms with E-state index >= 15 is 0 Å². The van der Waals surface area contributed by atoms with Crippen molar-refractivity contribution < 1.29 is 18.4 Å². The molecule has 9 heteroatoms. The van der Waals surface area contributed by atoms with Crippen LogP contribution in [0.25, 0.3) is 0 Å². The van der Waals surface area contributed by atoms with Crippen LogP contribution in [-0.4, -0.2) is 30.6 Å². The molecule has 2 N–H and O–H groups in total. The molecule has 1 aliphatic carbocycles. The summed E-state index contributed by atoms with van der Waals surface area (Å²) in [5, 5.41) is 19.4. The SMILES string of the molecule is O=[N+]([O-])c1ccc(S(=O)(=O)NC2CC(O)C2)c(Cl)c1. The summed E-state index contributed by atoms with van der Waals surface area (Å²) in [6.45, 7) is 0. The van der Waals surface area contributed by atoms with Gasteiger partial charge in [0, 0.05) is 18.2 Å². The maximum absolute atomic E-state index is 12.0. The van der Waals surface area contributed by atoms with Crippen molar-refractivity contribution in [2.75, 3.05) is 0 Å². The highest BCUT2D eigenvalue weighted by molar-refractivity contribution is 7.89. The number of nitro groups is 1. The minimum Gasteiger partial charge on any atom is -0.393 e. The summed E-state index contributed by atoms with van der Waals surface area (Å²) in [6.07, 6.45) is 0.216. The third-order valence-electron chi connectivity index (χ3n) is 2.85. The second kappa shape index (κ2) is 5.04. The summed E-state index contributed by atoms with van der Waals surface area (Å²) in [5.74, 6) is 0. The van der Waals surface area contributed by atoms with E-state index in [0.717, 1.165) is 18.2 Å². The van der Waals surface area contributed by atoms with Crippen LogP contribution in [0.3, 0.4) is 0 Å². The molecule has 104 valence electrons. The molecule has 0 aromatic heterocycles. The van der Waals surface area contributed by atoms with Gasteiger partial charge in [-0.25, -0.2) is 13.1 Å². The molecule has 0 atom stereocenters. The molecular weight excluding hydrogens is 296 g/mol. The van der Waals surface area contributed by atoms with E-state index in [1.54, 1.807) is 0 Å². The van der Waals surface area contributed by atoms with E-state index < -0.39 is 21.1 Å². The Morgan fingerprint density at radius 1 is 1.42 bits per heavy atom. The van der Waals surface area contributed by atoms with E-state index in [-0.39, 0.29) is 21.6 Å². The molecule has 0 bridgehead atoms. The van der Waals surface area contributed by atoms with Gasteiger partial charge in [0.15, 0.2) is 0 Å². The second-order valence-electron chi connectivity index (χ2n) is 4.32. The average Bonchev–Trinajstić information content (AvgIpc) is 2.26. The topological polar surface area (TPSA) is 110 Å². The van der Waals surface area contributed by atoms with Crippen LogP contribution in [0.15, 0.2) is 23.1 Å². The Bertz CT molecular complexity index is 612. The van der Waals surface area contributed by atoms with E-state index in [9.17, 15) is 18.5 Å². The van der Waals surface area contributed by atoms with Crippen LogP contribution in [-0.2, 0) is 10.0 Å². The third-order valence-corrected chi connectivity index (χ3v) is 4.85. The summed E-state index contributed by atoms with van der Waals surface area (Å²) in [5.41, 5.74) is -0.275. The van der Waals surface area contributed by atoms with Crippen LogP contribution >= 0.6 is 11.6 Å². The van der Waals surface area contributed by atoms with Crippen LogP contribution < -0.4 is 4.72 Å². The lowest BCUT2D eigenvalue weighted by atomic mass is 9.91. The number of nitro benzene ring substituents is 1. The maximum Gasteiger partial charge on any atom is 0.271 e. The van der Waals surface area contributed by atoms with Crippen molar-refractivity contribution in [2.45, 2.75) is 29.9 Å². The molecular formula is C10H11ClN2O5S. The zero-order valence-corrected chi connectivity index (χ0v) is 11.2. The first-order valence-corrected chi connectivity index (χ1v) is 7.30. The van der Waals surface area contributed by atoms with Crippen molar-refractivity contribution in [1.29, 1.82) is 0 Å². The van der Waals surface area contributed by atoms with Crippen molar-refractivity contribution in [2.24, 2.45) is 0 Å². The van der Waals surface area contributed by atoms with E-state index in [4.69, 9.17) is 16.7 Å². The fraction of sp³-hybridized carbons (Fsp3) is 0.400. The lowest BCUT2D eigenvalue weighted by molar-refractivity contribution is -0.384. The first kappa shape index (κ1) is 14.2. The van der Waals surface area contributed by atoms with Gasteiger partial charge in [0.2, 0.25) is 10.0 Å². The molecule has 2 rings (SSSR count). The molecule has 19 heavy (non-hydrogen) atoms. The highest BCUT2D eigenvalue weighted by Crippen LogP contribution is 2.28. The Balaban J connectivity index is 2.23. The first-order chi connectivity index (χ1) is 8.79. The number of rotatable bonds is 4. The molecule has 0 heterocycles. The Hall–Kier alpha value is -1.22. The number of aliphatic hydroxyl groups is 1. The lowest BCUT2D eigenvalue weighted by Gasteiger charge is -2.31. The van der Waals surface area contributed by atoms with Crippen molar-refractivity contribution in [1.82, 2.24) is 4.72 Å². The van der Waals surface area contributed by atoms with E-state index in [0.29, 0.717) is 12.8 Å². The van der Waals surface area contributed by atoms with E-state index in [1.807, 2.05) is 0 Å². The molecule has 1 fully saturated rings. The Morgan fingerprint density at radius 2 is 2.05 bits per heavy atom. The fourth-order valence-corrected chi connectivity index (χ4v) is 3.59. The zero-order chi connectivity index (χ0) is 14.2. The van der Waals surface area contributed by atoms with Crippen LogP contribution in [0.1, 0.15) is 12.8 Å². The molecule has 0 amide bonds. The molecule has 0 unspecified atom stereocenters. The van der Waals surface area contributed by atoms with Gasteiger partial charge in [-0.2, -0.15) is 0 Å². The van der Waals surface area contributed by atoms with E-state index in [1.165, 1.54) is 0 Å². The number of hydrogen-bond acceptors (Lipinski definition) is 5. The molecule has 1 saturated carbocycles. The molecule has 1 aromatic carbocycles. The number of non-ortho nitro benzene ring substituents is 1. The normalized spacial score (nSPS) is 22.8. The third kappa shape index (κ3) is 3.03. The van der Waals surface area contributed by atoms with Crippen LogP contribution in [0.5, 0.6) is 0 Å². The zero-order valence-electron chi connectivity index (χ0n) is 9.61. The van der Waals surface area contributed by atoms with Gasteiger partial charge in [-0.05, 0) is 18.9 Å². The number of nitrogens with one attached hydrogen (secondary N) is 1. The van der Waals surface area contributed by atoms with E-state index in [2.05, 4.69) is 4.72 Å². The number of halogens is 1. The quantitative estimate of drug-likeness (QED) is 0.638. The minimum absolute atomic E-state index is 0.207. The predicted molar refractivity (Wildman–Crippen MR) is 67.5 cm³/mol. The van der Waals surface area contributed by atoms with Crippen LogP contribution in [0.4, 0.5) is 5.69 Å². The van der Waals surface area contributed by atoms with Gasteiger partial charge >= 0.3 is 0 Å². The molecule has 0 spiro atoms. The smallest absolute Gasteiger partial charge is 0.271 e. The summed E-state index contributed by atoms with van der Waals surface area (Å²) < 4.78 is 26.4. The number of sulfonamides is 1. The maximum atomic E-state index is 12.0. The summed E-state index contributed by atoms with van der Waals surface area (Å²) in [7, 11) is -3.83. The fourth-order valence-electron chi connectivity index (χ4n) is 1.79. The summed E-state index contributed by atoms with van der Waals surface area (Å²) in [4.78, 5) is 9.68. The Labute approximate surface area is 114 Å². The molecule has 0 saturated heterocycles. The van der Waals surface area contributed by atoms with Gasteiger partial charge in [0.1, 0.15) is 4.90 Å². The number of aliphatic hydroxyl groups excluding tert-OH is 1. The Kier molecular flexibility index (Phi) is 3.77. The molecule has 1 aromatic rings. The van der Waals surface area contributed by atoms with Crippen molar-refractivity contribution in [3.63, 3.8) is 0 Å². The van der Waals surface area contributed by atoms with Crippen LogP contribution in [0.2, 0.25) is 5.02 Å². The summed E-state index contributed by atoms with van der Waals surface area (Å²) >= 11 is 5.76. The van der Waals surface area contributed by atoms with Crippen LogP contribution in [0, 0.1) is 10.1 Å². The Morgan fingerprint density at radius 3 is 2.53 bits per heavy atom. The lowest BCUT2D eigenvalue weighted by Crippen LogP contribution is -2.46. The van der Waals surface area contributed by atoms with Gasteiger partial charge in [0.05, 0.1) is 16.0 Å². The monoisotopic (exact) mass is 306 g/mol. The van der Waals surface area contributed by atoms with Crippen molar-refractivity contribution in [3.8, 4) is 0 Å². The molecule has 7 nitrogen and oxygen atoms in total. The largest absolute Gasteiger partial charge is 0.393 e. The minimum atomic E-state index is -3.83. The number of hydrogen-bond donors (Lipinski definition) is 2. The standard InChI is InChI=1S/C10H11ClN2O5S/c11-9-5-7(13(15)16)1-2-10(9)19(17,18)12-6-3-8(14)4-6/h1-2,5-6,8,12,14H,3-4H2. The summed E-state index contributed by atoms with van der Waals surface area (Å²) in [6, 6.07) is 2.84. The van der Waals surface area contributed by atoms with Gasteiger partial charge in [0.25, 0.3) is 5.69 Å². The average molecular weight is 307 g/mol. The highest BCUT2D eigenvalue weighted by Gasteiger charge is 2.32. The van der Waals surface area contributed by atoms with Crippen molar-refractivity contribution >= 4 is 27.3 Å². The molecule has 1 aliphatic rings. The van der Waals surface area contributed by atoms with Gasteiger partial charge in [-0.15, -0.1) is 0 Å². The second-order valence-corrected chi connectivity index (χ2v) is 6.40. The van der Waals surface area contributed by atoms with Crippen molar-refractivity contribution in [3.05, 3.63) is 33.3 Å². The number of benzene rings is 1. The number of nitrogens with zero attached hydrogens (tertiary/aromatic N) is 1. The predicted octanol–water partition coefficient (Wildman–Crippen LogP) is 1.05. The molecule has 0 aliphatic heterocycles.